The summed E-state index contributed by atoms with van der Waals surface area (Å²) >= 11 is 0. The molecule has 0 fully saturated rings. The largest absolute Gasteiger partial charge is 0.406 e. The summed E-state index contributed by atoms with van der Waals surface area (Å²) in [6.45, 7) is 4.68. The number of rotatable bonds is 5. The number of nitrogens with zero attached hydrogens (tertiary/aromatic N) is 1. The summed E-state index contributed by atoms with van der Waals surface area (Å²) in [7, 11) is 0. The summed E-state index contributed by atoms with van der Waals surface area (Å²) in [4.78, 5) is 5.59. The fourth-order valence-electron chi connectivity index (χ4n) is 1.12. The average Bonchev–Trinajstić information content (AvgIpc) is 2.18. The topological polar surface area (TPSA) is 32.7 Å². The Hall–Kier alpha value is -1.06. The van der Waals surface area contributed by atoms with Gasteiger partial charge >= 0.3 is 0 Å². The maximum absolute atomic E-state index is 8.84. The molecule has 0 saturated heterocycles. The van der Waals surface area contributed by atoms with Crippen LogP contribution in [-0.4, -0.2) is 29.4 Å². The summed E-state index contributed by atoms with van der Waals surface area (Å²) in [5.41, 5.74) is 0. The first-order valence-electron chi connectivity index (χ1n) is 4.84. The van der Waals surface area contributed by atoms with Crippen LogP contribution in [0.1, 0.15) is 13.8 Å². The highest BCUT2D eigenvalue weighted by molar-refractivity contribution is 5.20. The van der Waals surface area contributed by atoms with Crippen LogP contribution in [0, 0.1) is 0 Å². The molecule has 14 heavy (non-hydrogen) atoms. The molecule has 0 unspecified atom stereocenters. The van der Waals surface area contributed by atoms with Crippen LogP contribution in [0.15, 0.2) is 30.3 Å². The predicted molar refractivity (Wildman–Crippen MR) is 56.0 cm³/mol. The van der Waals surface area contributed by atoms with Gasteiger partial charge < -0.3 is 9.94 Å². The summed E-state index contributed by atoms with van der Waals surface area (Å²) in [5, 5.41) is 10.6. The van der Waals surface area contributed by atoms with Crippen molar-refractivity contribution in [3.63, 3.8) is 0 Å². The maximum atomic E-state index is 8.84. The second kappa shape index (κ2) is 5.62. The van der Waals surface area contributed by atoms with Crippen LogP contribution in [0.25, 0.3) is 0 Å². The monoisotopic (exact) mass is 195 g/mol. The zero-order chi connectivity index (χ0) is 10.4. The van der Waals surface area contributed by atoms with E-state index in [4.69, 9.17) is 9.94 Å². The third-order valence-electron chi connectivity index (χ3n) is 1.86. The molecule has 0 bridgehead atoms. The predicted octanol–water partition coefficient (Wildman–Crippen LogP) is 1.68. The minimum absolute atomic E-state index is 0.102. The first-order valence-corrected chi connectivity index (χ1v) is 4.84. The highest BCUT2D eigenvalue weighted by Gasteiger charge is 2.09. The lowest BCUT2D eigenvalue weighted by Gasteiger charge is -2.25. The Bertz CT molecular complexity index is 249. The van der Waals surface area contributed by atoms with Crippen molar-refractivity contribution in [2.75, 3.05) is 13.2 Å². The Morgan fingerprint density at radius 1 is 1.29 bits per heavy atom. The Labute approximate surface area is 84.9 Å². The van der Waals surface area contributed by atoms with E-state index in [0.717, 1.165) is 5.75 Å². The van der Waals surface area contributed by atoms with E-state index in [0.29, 0.717) is 6.54 Å². The second-order valence-electron chi connectivity index (χ2n) is 3.36. The van der Waals surface area contributed by atoms with Crippen molar-refractivity contribution in [3.8, 4) is 5.75 Å². The van der Waals surface area contributed by atoms with Crippen molar-refractivity contribution in [1.82, 2.24) is 5.06 Å². The number of hydrogen-bond acceptors (Lipinski definition) is 3. The SMILES string of the molecule is CC(C)N(CCO)Oc1ccccc1. The standard InChI is InChI=1S/C11H17NO2/c1-10(2)12(8-9-13)14-11-6-4-3-5-7-11/h3-7,10,13H,8-9H2,1-2H3. The Morgan fingerprint density at radius 2 is 1.93 bits per heavy atom. The third-order valence-corrected chi connectivity index (χ3v) is 1.86. The highest BCUT2D eigenvalue weighted by atomic mass is 16.7. The van der Waals surface area contributed by atoms with Gasteiger partial charge in [-0.15, -0.1) is 5.06 Å². The number of hydrogen-bond donors (Lipinski definition) is 1. The van der Waals surface area contributed by atoms with Gasteiger partial charge in [-0.25, -0.2) is 0 Å². The molecule has 78 valence electrons. The van der Waals surface area contributed by atoms with Gasteiger partial charge in [0.25, 0.3) is 0 Å². The zero-order valence-corrected chi connectivity index (χ0v) is 8.68. The van der Waals surface area contributed by atoms with Crippen LogP contribution in [0.3, 0.4) is 0 Å². The van der Waals surface area contributed by atoms with Crippen molar-refractivity contribution < 1.29 is 9.94 Å². The maximum Gasteiger partial charge on any atom is 0.147 e. The van der Waals surface area contributed by atoms with E-state index in [-0.39, 0.29) is 12.6 Å². The minimum Gasteiger partial charge on any atom is -0.406 e. The molecule has 1 rings (SSSR count). The van der Waals surface area contributed by atoms with Crippen molar-refractivity contribution in [3.05, 3.63) is 30.3 Å². The number of aliphatic hydroxyl groups excluding tert-OH is 1. The fourth-order valence-corrected chi connectivity index (χ4v) is 1.12. The van der Waals surface area contributed by atoms with E-state index >= 15 is 0 Å². The number of hydroxylamine groups is 2. The van der Waals surface area contributed by atoms with Crippen LogP contribution < -0.4 is 4.84 Å². The molecular weight excluding hydrogens is 178 g/mol. The fraction of sp³-hybridized carbons (Fsp3) is 0.455. The number of para-hydroxylation sites is 1. The molecule has 3 nitrogen and oxygen atoms in total. The summed E-state index contributed by atoms with van der Waals surface area (Å²) in [6, 6.07) is 9.83. The molecule has 0 aliphatic heterocycles. The van der Waals surface area contributed by atoms with Gasteiger partial charge in [-0.3, -0.25) is 0 Å². The summed E-state index contributed by atoms with van der Waals surface area (Å²) < 4.78 is 0. The van der Waals surface area contributed by atoms with Crippen LogP contribution in [0.5, 0.6) is 5.75 Å². The normalized spacial score (nSPS) is 10.9. The molecule has 1 aromatic rings. The lowest BCUT2D eigenvalue weighted by Crippen LogP contribution is -2.36. The van der Waals surface area contributed by atoms with Gasteiger partial charge in [-0.2, -0.15) is 0 Å². The van der Waals surface area contributed by atoms with Gasteiger partial charge in [0.05, 0.1) is 13.2 Å². The van der Waals surface area contributed by atoms with E-state index < -0.39 is 0 Å². The molecule has 0 radical (unpaired) electrons. The molecule has 0 saturated carbocycles. The zero-order valence-electron chi connectivity index (χ0n) is 8.68. The van der Waals surface area contributed by atoms with Crippen molar-refractivity contribution >= 4 is 0 Å². The van der Waals surface area contributed by atoms with Crippen LogP contribution >= 0.6 is 0 Å². The van der Waals surface area contributed by atoms with Gasteiger partial charge in [0.2, 0.25) is 0 Å². The van der Waals surface area contributed by atoms with Crippen LogP contribution in [-0.2, 0) is 0 Å². The molecule has 0 atom stereocenters. The number of aliphatic hydroxyl groups is 1. The van der Waals surface area contributed by atoms with Gasteiger partial charge in [-0.05, 0) is 26.0 Å². The van der Waals surface area contributed by atoms with Gasteiger partial charge in [0.15, 0.2) is 0 Å². The van der Waals surface area contributed by atoms with Gasteiger partial charge in [0.1, 0.15) is 5.75 Å². The average molecular weight is 195 g/mol. The Kier molecular flexibility index (Phi) is 4.43. The Morgan fingerprint density at radius 3 is 2.43 bits per heavy atom. The van der Waals surface area contributed by atoms with Crippen LogP contribution in [0.4, 0.5) is 0 Å². The smallest absolute Gasteiger partial charge is 0.147 e. The number of benzene rings is 1. The van der Waals surface area contributed by atoms with Crippen molar-refractivity contribution in [2.45, 2.75) is 19.9 Å². The van der Waals surface area contributed by atoms with E-state index in [1.807, 2.05) is 44.2 Å². The van der Waals surface area contributed by atoms with Crippen molar-refractivity contribution in [1.29, 1.82) is 0 Å². The van der Waals surface area contributed by atoms with Gasteiger partial charge in [-0.1, -0.05) is 18.2 Å². The molecule has 0 aromatic heterocycles. The van der Waals surface area contributed by atoms with E-state index in [9.17, 15) is 0 Å². The molecule has 0 amide bonds. The molecule has 0 heterocycles. The van der Waals surface area contributed by atoms with Crippen LogP contribution in [0.2, 0.25) is 0 Å². The second-order valence-corrected chi connectivity index (χ2v) is 3.36. The minimum atomic E-state index is 0.102. The van der Waals surface area contributed by atoms with Crippen molar-refractivity contribution in [2.24, 2.45) is 0 Å². The molecule has 1 N–H and O–H groups in total. The first kappa shape index (κ1) is 11.0. The van der Waals surface area contributed by atoms with E-state index in [2.05, 4.69) is 0 Å². The molecule has 0 aliphatic carbocycles. The summed E-state index contributed by atoms with van der Waals surface area (Å²) in [5.74, 6) is 0.801. The summed E-state index contributed by atoms with van der Waals surface area (Å²) in [6.07, 6.45) is 0. The van der Waals surface area contributed by atoms with E-state index in [1.165, 1.54) is 0 Å². The third kappa shape index (κ3) is 3.36. The first-order chi connectivity index (χ1) is 6.74. The van der Waals surface area contributed by atoms with E-state index in [1.54, 1.807) is 5.06 Å². The lowest BCUT2D eigenvalue weighted by molar-refractivity contribution is -0.0929. The lowest BCUT2D eigenvalue weighted by atomic mass is 10.3. The molecule has 1 aromatic carbocycles. The quantitative estimate of drug-likeness (QED) is 0.726. The highest BCUT2D eigenvalue weighted by Crippen LogP contribution is 2.11. The molecular formula is C11H17NO2. The van der Waals surface area contributed by atoms with Gasteiger partial charge in [0, 0.05) is 6.04 Å². The molecule has 3 heteroatoms. The molecule has 0 aliphatic rings. The molecule has 0 spiro atoms. The Balaban J connectivity index is 2.55.